The second kappa shape index (κ2) is 7.33. The molecule has 2 rings (SSSR count). The smallest absolute Gasteiger partial charge is 0.269 e. The molecule has 1 aromatic rings. The van der Waals surface area contributed by atoms with Crippen molar-refractivity contribution < 1.29 is 14.5 Å². The number of methoxy groups -OCH3 is 1. The Labute approximate surface area is 129 Å². The van der Waals surface area contributed by atoms with Crippen molar-refractivity contribution in [2.75, 3.05) is 39.9 Å². The van der Waals surface area contributed by atoms with Crippen LogP contribution in [0.5, 0.6) is 0 Å². The van der Waals surface area contributed by atoms with Gasteiger partial charge >= 0.3 is 0 Å². The molecule has 120 valence electrons. The van der Waals surface area contributed by atoms with Crippen molar-refractivity contribution in [2.24, 2.45) is 0 Å². The zero-order valence-electron chi connectivity index (χ0n) is 12.9. The Bertz CT molecular complexity index is 541. The molecule has 0 aliphatic carbocycles. The molecular weight excluding hydrogens is 286 g/mol. The molecule has 1 fully saturated rings. The number of hydrogen-bond donors (Lipinski definition) is 0. The molecule has 22 heavy (non-hydrogen) atoms. The number of nitro benzene ring substituents is 1. The summed E-state index contributed by atoms with van der Waals surface area (Å²) in [5.74, 6) is 0.00477. The van der Waals surface area contributed by atoms with E-state index in [0.717, 1.165) is 18.7 Å². The largest absolute Gasteiger partial charge is 0.375 e. The van der Waals surface area contributed by atoms with Gasteiger partial charge in [0.2, 0.25) is 5.91 Å². The highest BCUT2D eigenvalue weighted by molar-refractivity contribution is 5.77. The molecule has 1 amide bonds. The Kier molecular flexibility index (Phi) is 5.46. The normalized spacial score (nSPS) is 17.3. The number of carbonyl (C=O) groups is 1. The molecule has 1 saturated heterocycles. The Hall–Kier alpha value is -1.99. The van der Waals surface area contributed by atoms with Gasteiger partial charge in [-0.2, -0.15) is 0 Å². The highest BCUT2D eigenvalue weighted by Crippen LogP contribution is 2.24. The summed E-state index contributed by atoms with van der Waals surface area (Å²) in [6, 6.07) is 6.81. The third-order valence-electron chi connectivity index (χ3n) is 4.05. The van der Waals surface area contributed by atoms with Crippen LogP contribution in [0, 0.1) is 10.1 Å². The van der Waals surface area contributed by atoms with E-state index < -0.39 is 0 Å². The second-order valence-electron chi connectivity index (χ2n) is 5.38. The van der Waals surface area contributed by atoms with Gasteiger partial charge in [-0.15, -0.1) is 0 Å². The number of hydrogen-bond acceptors (Lipinski definition) is 5. The summed E-state index contributed by atoms with van der Waals surface area (Å²) in [7, 11) is 1.51. The lowest BCUT2D eigenvalue weighted by molar-refractivity contribution is -0.385. The van der Waals surface area contributed by atoms with Crippen LogP contribution in [0.1, 0.15) is 18.5 Å². The van der Waals surface area contributed by atoms with Crippen molar-refractivity contribution in [2.45, 2.75) is 13.0 Å². The Morgan fingerprint density at radius 1 is 1.36 bits per heavy atom. The molecule has 1 atom stereocenters. The van der Waals surface area contributed by atoms with Gasteiger partial charge in [-0.25, -0.2) is 0 Å². The number of ether oxygens (including phenoxy) is 1. The maximum atomic E-state index is 11.8. The third-order valence-corrected chi connectivity index (χ3v) is 4.05. The number of nitrogens with zero attached hydrogens (tertiary/aromatic N) is 3. The molecule has 1 heterocycles. The van der Waals surface area contributed by atoms with Crippen LogP contribution in [0.25, 0.3) is 0 Å². The zero-order chi connectivity index (χ0) is 16.1. The standard InChI is InChI=1S/C15H21N3O4/c1-12(13-4-3-5-14(10-13)18(20)21)16-6-8-17(9-7-16)15(19)11-22-2/h3-5,10,12H,6-9,11H2,1-2H3. The highest BCUT2D eigenvalue weighted by Gasteiger charge is 2.25. The van der Waals surface area contributed by atoms with Crippen LogP contribution in [0.3, 0.4) is 0 Å². The molecule has 7 heteroatoms. The molecule has 0 bridgehead atoms. The molecule has 1 aliphatic heterocycles. The van der Waals surface area contributed by atoms with E-state index in [1.165, 1.54) is 13.2 Å². The summed E-state index contributed by atoms with van der Waals surface area (Å²) in [5.41, 5.74) is 1.03. The first-order valence-electron chi connectivity index (χ1n) is 7.28. The Balaban J connectivity index is 1.97. The monoisotopic (exact) mass is 307 g/mol. The van der Waals surface area contributed by atoms with Crippen LogP contribution in [-0.2, 0) is 9.53 Å². The average molecular weight is 307 g/mol. The van der Waals surface area contributed by atoms with E-state index >= 15 is 0 Å². The van der Waals surface area contributed by atoms with Gasteiger partial charge in [-0.05, 0) is 12.5 Å². The van der Waals surface area contributed by atoms with E-state index in [-0.39, 0.29) is 29.2 Å². The van der Waals surface area contributed by atoms with Gasteiger partial charge in [0, 0.05) is 51.5 Å². The van der Waals surface area contributed by atoms with E-state index in [1.807, 2.05) is 13.0 Å². The van der Waals surface area contributed by atoms with Crippen LogP contribution >= 0.6 is 0 Å². The van der Waals surface area contributed by atoms with E-state index in [9.17, 15) is 14.9 Å². The number of amides is 1. The fourth-order valence-corrected chi connectivity index (χ4v) is 2.68. The lowest BCUT2D eigenvalue weighted by Crippen LogP contribution is -2.50. The number of piperazine rings is 1. The highest BCUT2D eigenvalue weighted by atomic mass is 16.6. The van der Waals surface area contributed by atoms with Crippen molar-refractivity contribution in [1.82, 2.24) is 9.80 Å². The second-order valence-corrected chi connectivity index (χ2v) is 5.38. The molecule has 0 N–H and O–H groups in total. The molecule has 0 radical (unpaired) electrons. The van der Waals surface area contributed by atoms with Crippen LogP contribution in [0.4, 0.5) is 5.69 Å². The minimum absolute atomic E-state index is 0.00477. The predicted molar refractivity (Wildman–Crippen MR) is 81.5 cm³/mol. The van der Waals surface area contributed by atoms with Gasteiger partial charge in [0.15, 0.2) is 0 Å². The molecule has 1 aromatic carbocycles. The van der Waals surface area contributed by atoms with Crippen molar-refractivity contribution in [3.63, 3.8) is 0 Å². The summed E-state index contributed by atoms with van der Waals surface area (Å²) in [6.45, 7) is 4.95. The van der Waals surface area contributed by atoms with E-state index in [4.69, 9.17) is 4.74 Å². The summed E-state index contributed by atoms with van der Waals surface area (Å²) >= 11 is 0. The fraction of sp³-hybridized carbons (Fsp3) is 0.533. The molecule has 0 aromatic heterocycles. The molecule has 1 aliphatic rings. The maximum absolute atomic E-state index is 11.8. The van der Waals surface area contributed by atoms with Crippen molar-refractivity contribution in [3.05, 3.63) is 39.9 Å². The van der Waals surface area contributed by atoms with Gasteiger partial charge in [-0.1, -0.05) is 12.1 Å². The first-order chi connectivity index (χ1) is 10.5. The van der Waals surface area contributed by atoms with Crippen LogP contribution in [0.2, 0.25) is 0 Å². The minimum Gasteiger partial charge on any atom is -0.375 e. The molecule has 0 spiro atoms. The van der Waals surface area contributed by atoms with Gasteiger partial charge < -0.3 is 9.64 Å². The van der Waals surface area contributed by atoms with Crippen LogP contribution < -0.4 is 0 Å². The number of rotatable bonds is 5. The van der Waals surface area contributed by atoms with Crippen LogP contribution in [0.15, 0.2) is 24.3 Å². The Morgan fingerprint density at radius 2 is 2.05 bits per heavy atom. The number of nitro groups is 1. The van der Waals surface area contributed by atoms with Gasteiger partial charge in [-0.3, -0.25) is 19.8 Å². The first-order valence-corrected chi connectivity index (χ1v) is 7.28. The lowest BCUT2D eigenvalue weighted by atomic mass is 10.1. The van der Waals surface area contributed by atoms with Crippen molar-refractivity contribution in [3.8, 4) is 0 Å². The fourth-order valence-electron chi connectivity index (χ4n) is 2.68. The lowest BCUT2D eigenvalue weighted by Gasteiger charge is -2.38. The van der Waals surface area contributed by atoms with E-state index in [2.05, 4.69) is 4.90 Å². The summed E-state index contributed by atoms with van der Waals surface area (Å²) in [5, 5.41) is 10.9. The van der Waals surface area contributed by atoms with Crippen LogP contribution in [-0.4, -0.2) is 60.5 Å². The van der Waals surface area contributed by atoms with Gasteiger partial charge in [0.1, 0.15) is 6.61 Å². The molecular formula is C15H21N3O4. The molecule has 7 nitrogen and oxygen atoms in total. The van der Waals surface area contributed by atoms with Gasteiger partial charge in [0.05, 0.1) is 4.92 Å². The Morgan fingerprint density at radius 3 is 2.64 bits per heavy atom. The number of carbonyl (C=O) groups excluding carboxylic acids is 1. The number of benzene rings is 1. The van der Waals surface area contributed by atoms with Gasteiger partial charge in [0.25, 0.3) is 5.69 Å². The topological polar surface area (TPSA) is 75.9 Å². The third kappa shape index (κ3) is 3.80. The predicted octanol–water partition coefficient (Wildman–Crippen LogP) is 1.45. The maximum Gasteiger partial charge on any atom is 0.269 e. The van der Waals surface area contributed by atoms with Crippen molar-refractivity contribution >= 4 is 11.6 Å². The summed E-state index contributed by atoms with van der Waals surface area (Å²) in [4.78, 5) is 26.3. The molecule has 0 saturated carbocycles. The van der Waals surface area contributed by atoms with E-state index in [1.54, 1.807) is 17.0 Å². The van der Waals surface area contributed by atoms with Crippen molar-refractivity contribution in [1.29, 1.82) is 0 Å². The summed E-state index contributed by atoms with van der Waals surface area (Å²) in [6.07, 6.45) is 0. The number of non-ortho nitro benzene ring substituents is 1. The summed E-state index contributed by atoms with van der Waals surface area (Å²) < 4.78 is 4.87. The molecule has 1 unspecified atom stereocenters. The minimum atomic E-state index is -0.377. The SMILES string of the molecule is COCC(=O)N1CCN(C(C)c2cccc([N+](=O)[O-])c2)CC1. The van der Waals surface area contributed by atoms with E-state index in [0.29, 0.717) is 13.1 Å². The quantitative estimate of drug-likeness (QED) is 0.608. The average Bonchev–Trinajstić information content (AvgIpc) is 2.54. The first kappa shape index (κ1) is 16.4. The zero-order valence-corrected chi connectivity index (χ0v) is 12.9.